The quantitative estimate of drug-likeness (QED) is 0.819. The normalized spacial score (nSPS) is 26.2. The monoisotopic (exact) mass is 296 g/mol. The predicted octanol–water partition coefficient (Wildman–Crippen LogP) is 0.958. The van der Waals surface area contributed by atoms with Crippen molar-refractivity contribution >= 4 is 17.8 Å². The fourth-order valence-electron chi connectivity index (χ4n) is 3.33. The molecule has 0 aromatic carbocycles. The van der Waals surface area contributed by atoms with E-state index in [-0.39, 0.29) is 30.1 Å². The van der Waals surface area contributed by atoms with Crippen LogP contribution in [-0.4, -0.2) is 58.9 Å². The fraction of sp³-hybridized carbons (Fsp3) is 0.800. The molecule has 2 saturated heterocycles. The lowest BCUT2D eigenvalue weighted by Crippen LogP contribution is -2.43. The van der Waals surface area contributed by atoms with Crippen LogP contribution in [0.1, 0.15) is 39.0 Å². The highest BCUT2D eigenvalue weighted by Crippen LogP contribution is 2.25. The summed E-state index contributed by atoms with van der Waals surface area (Å²) in [6.45, 7) is 4.49. The maximum Gasteiger partial charge on any atom is 0.303 e. The van der Waals surface area contributed by atoms with E-state index >= 15 is 0 Å². The molecule has 1 N–H and O–H groups in total. The third-order valence-electron chi connectivity index (χ3n) is 4.54. The second kappa shape index (κ2) is 6.91. The Morgan fingerprint density at radius 2 is 2.10 bits per heavy atom. The molecule has 0 aromatic heterocycles. The first kappa shape index (κ1) is 15.8. The summed E-state index contributed by atoms with van der Waals surface area (Å²) in [6, 6.07) is 0. The van der Waals surface area contributed by atoms with Crippen molar-refractivity contribution in [2.75, 3.05) is 26.2 Å². The van der Waals surface area contributed by atoms with Crippen molar-refractivity contribution in [1.29, 1.82) is 0 Å². The number of carbonyl (C=O) groups is 3. The van der Waals surface area contributed by atoms with Crippen LogP contribution in [0.25, 0.3) is 0 Å². The van der Waals surface area contributed by atoms with Gasteiger partial charge in [0.15, 0.2) is 0 Å². The van der Waals surface area contributed by atoms with Gasteiger partial charge in [-0.05, 0) is 32.1 Å². The highest BCUT2D eigenvalue weighted by atomic mass is 16.4. The summed E-state index contributed by atoms with van der Waals surface area (Å²) in [5.74, 6) is -0.582. The van der Waals surface area contributed by atoms with Crippen LogP contribution in [0, 0.1) is 11.8 Å². The molecule has 2 fully saturated rings. The van der Waals surface area contributed by atoms with E-state index in [4.69, 9.17) is 5.11 Å². The minimum Gasteiger partial charge on any atom is -0.481 e. The van der Waals surface area contributed by atoms with Gasteiger partial charge in [-0.15, -0.1) is 0 Å². The molecular weight excluding hydrogens is 272 g/mol. The van der Waals surface area contributed by atoms with E-state index in [0.717, 1.165) is 19.4 Å². The van der Waals surface area contributed by atoms with Gasteiger partial charge in [0.2, 0.25) is 11.8 Å². The van der Waals surface area contributed by atoms with Crippen LogP contribution in [-0.2, 0) is 14.4 Å². The standard InChI is InChI=1S/C15H24N2O4/c1-2-16-10-12(8-13(16)18)15(21)17-7-3-4-11(9-17)5-6-14(19)20/h11-12H,2-10H2,1H3,(H,19,20)/t11-,12+/m0/s1. The molecule has 0 radical (unpaired) electrons. The molecule has 0 saturated carbocycles. The van der Waals surface area contributed by atoms with E-state index in [1.54, 1.807) is 4.90 Å². The number of amides is 2. The maximum absolute atomic E-state index is 12.5. The second-order valence-corrected chi connectivity index (χ2v) is 6.06. The van der Waals surface area contributed by atoms with E-state index in [1.165, 1.54) is 0 Å². The lowest BCUT2D eigenvalue weighted by molar-refractivity contribution is -0.138. The van der Waals surface area contributed by atoms with Crippen molar-refractivity contribution in [2.24, 2.45) is 11.8 Å². The van der Waals surface area contributed by atoms with Gasteiger partial charge >= 0.3 is 5.97 Å². The van der Waals surface area contributed by atoms with Crippen LogP contribution < -0.4 is 0 Å². The third kappa shape index (κ3) is 3.95. The Hall–Kier alpha value is -1.59. The predicted molar refractivity (Wildman–Crippen MR) is 76.5 cm³/mol. The van der Waals surface area contributed by atoms with E-state index in [1.807, 2.05) is 11.8 Å². The number of likely N-dealkylation sites (tertiary alicyclic amines) is 2. The SMILES string of the molecule is CCN1C[C@H](C(=O)N2CCC[C@@H](CCC(=O)O)C2)CC1=O. The second-order valence-electron chi connectivity index (χ2n) is 6.06. The first-order chi connectivity index (χ1) is 10.0. The molecule has 6 nitrogen and oxygen atoms in total. The van der Waals surface area contributed by atoms with Gasteiger partial charge in [-0.2, -0.15) is 0 Å². The first-order valence-corrected chi connectivity index (χ1v) is 7.79. The smallest absolute Gasteiger partial charge is 0.303 e. The summed E-state index contributed by atoms with van der Waals surface area (Å²) in [4.78, 5) is 38.5. The number of carboxylic acid groups (broad SMARTS) is 1. The van der Waals surface area contributed by atoms with Crippen molar-refractivity contribution in [3.05, 3.63) is 0 Å². The van der Waals surface area contributed by atoms with Crippen LogP contribution in [0.3, 0.4) is 0 Å². The molecule has 2 heterocycles. The number of hydrogen-bond donors (Lipinski definition) is 1. The molecule has 0 bridgehead atoms. The Balaban J connectivity index is 1.87. The summed E-state index contributed by atoms with van der Waals surface area (Å²) < 4.78 is 0. The lowest BCUT2D eigenvalue weighted by atomic mass is 9.92. The lowest BCUT2D eigenvalue weighted by Gasteiger charge is -2.34. The topological polar surface area (TPSA) is 77.9 Å². The Kier molecular flexibility index (Phi) is 5.20. The van der Waals surface area contributed by atoms with Crippen molar-refractivity contribution in [3.63, 3.8) is 0 Å². The minimum atomic E-state index is -0.779. The molecule has 2 rings (SSSR count). The zero-order valence-corrected chi connectivity index (χ0v) is 12.6. The number of aliphatic carboxylic acids is 1. The van der Waals surface area contributed by atoms with Crippen LogP contribution >= 0.6 is 0 Å². The summed E-state index contributed by atoms with van der Waals surface area (Å²) in [7, 11) is 0. The first-order valence-electron chi connectivity index (χ1n) is 7.79. The van der Waals surface area contributed by atoms with Gasteiger partial charge in [0.05, 0.1) is 5.92 Å². The van der Waals surface area contributed by atoms with Crippen molar-refractivity contribution < 1.29 is 19.5 Å². The summed E-state index contributed by atoms with van der Waals surface area (Å²) in [5.41, 5.74) is 0. The molecule has 2 amide bonds. The molecule has 118 valence electrons. The van der Waals surface area contributed by atoms with Crippen LogP contribution in [0.15, 0.2) is 0 Å². The molecule has 6 heteroatoms. The Morgan fingerprint density at radius 1 is 1.33 bits per heavy atom. The molecule has 2 atom stereocenters. The summed E-state index contributed by atoms with van der Waals surface area (Å²) in [5, 5.41) is 8.75. The van der Waals surface area contributed by atoms with Crippen LogP contribution in [0.5, 0.6) is 0 Å². The number of carbonyl (C=O) groups excluding carboxylic acids is 2. The molecule has 0 unspecified atom stereocenters. The number of hydrogen-bond acceptors (Lipinski definition) is 3. The number of piperidine rings is 1. The molecule has 21 heavy (non-hydrogen) atoms. The third-order valence-corrected chi connectivity index (χ3v) is 4.54. The van der Waals surface area contributed by atoms with Gasteiger partial charge in [-0.3, -0.25) is 14.4 Å². The Morgan fingerprint density at radius 3 is 2.71 bits per heavy atom. The minimum absolute atomic E-state index is 0.0651. The highest BCUT2D eigenvalue weighted by molar-refractivity contribution is 5.89. The Labute approximate surface area is 125 Å². The van der Waals surface area contributed by atoms with Crippen molar-refractivity contribution in [3.8, 4) is 0 Å². The fourth-order valence-corrected chi connectivity index (χ4v) is 3.33. The maximum atomic E-state index is 12.5. The zero-order chi connectivity index (χ0) is 15.4. The van der Waals surface area contributed by atoms with Gasteiger partial charge in [0, 0.05) is 39.0 Å². The molecule has 2 aliphatic heterocycles. The average molecular weight is 296 g/mol. The zero-order valence-electron chi connectivity index (χ0n) is 12.6. The molecule has 0 aliphatic carbocycles. The highest BCUT2D eigenvalue weighted by Gasteiger charge is 2.36. The van der Waals surface area contributed by atoms with E-state index in [2.05, 4.69) is 0 Å². The average Bonchev–Trinajstić information content (AvgIpc) is 2.85. The molecular formula is C15H24N2O4. The Bertz CT molecular complexity index is 424. The molecule has 2 aliphatic rings. The summed E-state index contributed by atoms with van der Waals surface area (Å²) in [6.07, 6.45) is 3.03. The van der Waals surface area contributed by atoms with Crippen molar-refractivity contribution in [1.82, 2.24) is 9.80 Å². The largest absolute Gasteiger partial charge is 0.481 e. The van der Waals surface area contributed by atoms with Gasteiger partial charge in [-0.1, -0.05) is 0 Å². The molecule has 0 aromatic rings. The van der Waals surface area contributed by atoms with Crippen LogP contribution in [0.2, 0.25) is 0 Å². The molecule has 0 spiro atoms. The van der Waals surface area contributed by atoms with E-state index in [0.29, 0.717) is 32.5 Å². The number of carboxylic acids is 1. The summed E-state index contributed by atoms with van der Waals surface area (Å²) >= 11 is 0. The van der Waals surface area contributed by atoms with Gasteiger partial charge in [-0.25, -0.2) is 0 Å². The van der Waals surface area contributed by atoms with Gasteiger partial charge < -0.3 is 14.9 Å². The van der Waals surface area contributed by atoms with E-state index in [9.17, 15) is 14.4 Å². The number of rotatable bonds is 5. The van der Waals surface area contributed by atoms with Gasteiger partial charge in [0.1, 0.15) is 0 Å². The van der Waals surface area contributed by atoms with Gasteiger partial charge in [0.25, 0.3) is 0 Å². The van der Waals surface area contributed by atoms with Crippen LogP contribution in [0.4, 0.5) is 0 Å². The van der Waals surface area contributed by atoms with E-state index < -0.39 is 5.97 Å². The van der Waals surface area contributed by atoms with Crippen molar-refractivity contribution in [2.45, 2.75) is 39.0 Å². The number of nitrogens with zero attached hydrogens (tertiary/aromatic N) is 2.